The smallest absolute Gasteiger partial charge is 0.253 e. The maximum absolute atomic E-state index is 12.0. The number of hydrogen-bond donors (Lipinski definition) is 2. The van der Waals surface area contributed by atoms with Gasteiger partial charge in [-0.15, -0.1) is 11.3 Å². The van der Waals surface area contributed by atoms with Crippen LogP contribution in [0.15, 0.2) is 23.8 Å². The van der Waals surface area contributed by atoms with Crippen molar-refractivity contribution in [2.75, 3.05) is 6.61 Å². The molecular weight excluding hydrogens is 274 g/mol. The maximum Gasteiger partial charge on any atom is 0.253 e. The molecule has 102 valence electrons. The van der Waals surface area contributed by atoms with Crippen LogP contribution in [-0.2, 0) is 6.54 Å². The fourth-order valence-electron chi connectivity index (χ4n) is 1.52. The summed E-state index contributed by atoms with van der Waals surface area (Å²) in [5.41, 5.74) is 1.97. The molecule has 0 spiro atoms. The zero-order chi connectivity index (χ0) is 14.4. The van der Waals surface area contributed by atoms with Gasteiger partial charge < -0.3 is 10.4 Å². The quantitative estimate of drug-likeness (QED) is 0.830. The van der Waals surface area contributed by atoms with Gasteiger partial charge in [-0.2, -0.15) is 0 Å². The molecule has 0 unspecified atom stereocenters. The third-order valence-electron chi connectivity index (χ3n) is 2.38. The van der Waals surface area contributed by atoms with Gasteiger partial charge in [-0.1, -0.05) is 11.8 Å². The number of thiazole rings is 1. The number of pyridine rings is 1. The standard InChI is InChI=1S/C14H13N3O2S/c1-10-9-20-13(17-10)8-16-14(19)12-5-11(3-2-4-18)6-15-7-12/h5-7,9,18H,4,8H2,1H3,(H,16,19). The molecule has 1 amide bonds. The van der Waals surface area contributed by atoms with Crippen molar-refractivity contribution >= 4 is 17.2 Å². The number of carbonyl (C=O) groups is 1. The Morgan fingerprint density at radius 3 is 3.05 bits per heavy atom. The number of carbonyl (C=O) groups excluding carboxylic acids is 1. The summed E-state index contributed by atoms with van der Waals surface area (Å²) in [6.45, 7) is 2.08. The summed E-state index contributed by atoms with van der Waals surface area (Å²) >= 11 is 1.51. The first-order chi connectivity index (χ1) is 9.69. The van der Waals surface area contributed by atoms with Crippen molar-refractivity contribution < 1.29 is 9.90 Å². The first-order valence-electron chi connectivity index (χ1n) is 5.93. The highest BCUT2D eigenvalue weighted by molar-refractivity contribution is 7.09. The molecule has 6 heteroatoms. The highest BCUT2D eigenvalue weighted by Gasteiger charge is 2.07. The van der Waals surface area contributed by atoms with Crippen molar-refractivity contribution in [1.29, 1.82) is 0 Å². The normalized spacial score (nSPS) is 9.70. The number of hydrogen-bond acceptors (Lipinski definition) is 5. The molecule has 5 nitrogen and oxygen atoms in total. The van der Waals surface area contributed by atoms with Gasteiger partial charge in [0.1, 0.15) is 11.6 Å². The average molecular weight is 287 g/mol. The van der Waals surface area contributed by atoms with Crippen molar-refractivity contribution in [3.05, 3.63) is 45.7 Å². The second kappa shape index (κ2) is 6.80. The Morgan fingerprint density at radius 1 is 1.50 bits per heavy atom. The minimum absolute atomic E-state index is 0.222. The molecule has 2 aromatic heterocycles. The lowest BCUT2D eigenvalue weighted by molar-refractivity contribution is 0.0950. The van der Waals surface area contributed by atoms with Crippen molar-refractivity contribution in [2.24, 2.45) is 0 Å². The van der Waals surface area contributed by atoms with Crippen molar-refractivity contribution in [1.82, 2.24) is 15.3 Å². The molecule has 0 aliphatic heterocycles. The number of aliphatic hydroxyl groups excluding tert-OH is 1. The summed E-state index contributed by atoms with van der Waals surface area (Å²) in [5, 5.41) is 14.2. The number of aliphatic hydroxyl groups is 1. The van der Waals surface area contributed by atoms with Crippen molar-refractivity contribution in [2.45, 2.75) is 13.5 Å². The Labute approximate surface area is 120 Å². The van der Waals surface area contributed by atoms with E-state index < -0.39 is 0 Å². The monoisotopic (exact) mass is 287 g/mol. The van der Waals surface area contributed by atoms with Crippen LogP contribution < -0.4 is 5.32 Å². The molecule has 2 heterocycles. The third-order valence-corrected chi connectivity index (χ3v) is 3.35. The predicted molar refractivity (Wildman–Crippen MR) is 76.2 cm³/mol. The van der Waals surface area contributed by atoms with Gasteiger partial charge in [0.25, 0.3) is 5.91 Å². The van der Waals surface area contributed by atoms with E-state index in [1.165, 1.54) is 17.5 Å². The zero-order valence-electron chi connectivity index (χ0n) is 10.9. The van der Waals surface area contributed by atoms with Crippen LogP contribution in [0.5, 0.6) is 0 Å². The van der Waals surface area contributed by atoms with Crippen LogP contribution in [-0.4, -0.2) is 27.6 Å². The molecule has 20 heavy (non-hydrogen) atoms. The molecular formula is C14H13N3O2S. The van der Waals surface area contributed by atoms with E-state index in [2.05, 4.69) is 27.1 Å². The molecule has 0 bridgehead atoms. The van der Waals surface area contributed by atoms with Crippen molar-refractivity contribution in [3.8, 4) is 11.8 Å². The summed E-state index contributed by atoms with van der Waals surface area (Å²) in [6, 6.07) is 1.64. The van der Waals surface area contributed by atoms with E-state index >= 15 is 0 Å². The summed E-state index contributed by atoms with van der Waals surface area (Å²) in [7, 11) is 0. The lowest BCUT2D eigenvalue weighted by Gasteiger charge is -2.03. The fourth-order valence-corrected chi connectivity index (χ4v) is 2.23. The Hall–Kier alpha value is -2.23. The van der Waals surface area contributed by atoms with Crippen LogP contribution in [0.3, 0.4) is 0 Å². The van der Waals surface area contributed by atoms with Gasteiger partial charge in [0, 0.05) is 29.0 Å². The first kappa shape index (κ1) is 14.2. The summed E-state index contributed by atoms with van der Waals surface area (Å²) < 4.78 is 0. The molecule has 0 atom stereocenters. The minimum Gasteiger partial charge on any atom is -0.384 e. The van der Waals surface area contributed by atoms with E-state index in [-0.39, 0.29) is 12.5 Å². The van der Waals surface area contributed by atoms with Gasteiger partial charge in [0.15, 0.2) is 0 Å². The van der Waals surface area contributed by atoms with E-state index in [4.69, 9.17) is 5.11 Å². The number of nitrogens with one attached hydrogen (secondary N) is 1. The maximum atomic E-state index is 12.0. The van der Waals surface area contributed by atoms with Crippen LogP contribution in [0.2, 0.25) is 0 Å². The zero-order valence-corrected chi connectivity index (χ0v) is 11.7. The van der Waals surface area contributed by atoms with Gasteiger partial charge >= 0.3 is 0 Å². The first-order valence-corrected chi connectivity index (χ1v) is 6.81. The number of rotatable bonds is 3. The van der Waals surface area contributed by atoms with Crippen molar-refractivity contribution in [3.63, 3.8) is 0 Å². The number of nitrogens with zero attached hydrogens (tertiary/aromatic N) is 2. The van der Waals surface area contributed by atoms with Gasteiger partial charge in [-0.25, -0.2) is 4.98 Å². The Balaban J connectivity index is 2.01. The molecule has 0 aliphatic rings. The highest BCUT2D eigenvalue weighted by Crippen LogP contribution is 2.08. The molecule has 0 saturated carbocycles. The number of amides is 1. The molecule has 2 rings (SSSR count). The lowest BCUT2D eigenvalue weighted by Crippen LogP contribution is -2.22. The van der Waals surface area contributed by atoms with Gasteiger partial charge in [0.2, 0.25) is 0 Å². The molecule has 0 aromatic carbocycles. The topological polar surface area (TPSA) is 75.1 Å². The fraction of sp³-hybridized carbons (Fsp3) is 0.214. The molecule has 2 aromatic rings. The van der Waals surface area contributed by atoms with Gasteiger partial charge in [0.05, 0.1) is 12.1 Å². The van der Waals surface area contributed by atoms with E-state index in [1.807, 2.05) is 12.3 Å². The summed E-state index contributed by atoms with van der Waals surface area (Å²) in [4.78, 5) is 20.2. The summed E-state index contributed by atoms with van der Waals surface area (Å²) in [6.07, 6.45) is 3.02. The van der Waals surface area contributed by atoms with Crippen LogP contribution in [0.25, 0.3) is 0 Å². The van der Waals surface area contributed by atoms with Crippen LogP contribution in [0.4, 0.5) is 0 Å². The minimum atomic E-state index is -0.224. The van der Waals surface area contributed by atoms with E-state index in [0.29, 0.717) is 17.7 Å². The average Bonchev–Trinajstić information content (AvgIpc) is 2.88. The Morgan fingerprint density at radius 2 is 2.35 bits per heavy atom. The molecule has 0 aliphatic carbocycles. The highest BCUT2D eigenvalue weighted by atomic mass is 32.1. The summed E-state index contributed by atoms with van der Waals surface area (Å²) in [5.74, 6) is 5.01. The number of aromatic nitrogens is 2. The van der Waals surface area contributed by atoms with Crippen LogP contribution in [0.1, 0.15) is 26.6 Å². The Kier molecular flexibility index (Phi) is 4.82. The number of aryl methyl sites for hydroxylation is 1. The second-order valence-corrected chi connectivity index (χ2v) is 4.93. The molecule has 0 saturated heterocycles. The van der Waals surface area contributed by atoms with Crippen LogP contribution >= 0.6 is 11.3 Å². The predicted octanol–water partition coefficient (Wildman–Crippen LogP) is 1.12. The second-order valence-electron chi connectivity index (χ2n) is 3.99. The largest absolute Gasteiger partial charge is 0.384 e. The molecule has 0 radical (unpaired) electrons. The molecule has 2 N–H and O–H groups in total. The lowest BCUT2D eigenvalue weighted by atomic mass is 10.2. The van der Waals surface area contributed by atoms with E-state index in [1.54, 1.807) is 12.3 Å². The van der Waals surface area contributed by atoms with Crippen LogP contribution in [0, 0.1) is 18.8 Å². The SMILES string of the molecule is Cc1csc(CNC(=O)c2cncc(C#CCO)c2)n1. The van der Waals surface area contributed by atoms with Gasteiger partial charge in [-0.3, -0.25) is 9.78 Å². The molecule has 0 fully saturated rings. The third kappa shape index (κ3) is 3.88. The van der Waals surface area contributed by atoms with E-state index in [9.17, 15) is 4.79 Å². The van der Waals surface area contributed by atoms with Gasteiger partial charge in [-0.05, 0) is 13.0 Å². The van der Waals surface area contributed by atoms with E-state index in [0.717, 1.165) is 10.7 Å². The Bertz CT molecular complexity index is 670.